The number of aliphatic hydroxyl groups excluding tert-OH is 1. The molecule has 0 radical (unpaired) electrons. The monoisotopic (exact) mass is 194 g/mol. The van der Waals surface area contributed by atoms with Gasteiger partial charge in [0.2, 0.25) is 0 Å². The van der Waals surface area contributed by atoms with E-state index in [9.17, 15) is 9.90 Å². The average Bonchev–Trinajstić information content (AvgIpc) is 2.16. The molecule has 0 bridgehead atoms. The molecule has 1 rings (SSSR count). The van der Waals surface area contributed by atoms with Gasteiger partial charge < -0.3 is 10.2 Å². The summed E-state index contributed by atoms with van der Waals surface area (Å²) in [6.45, 7) is 1.88. The first-order chi connectivity index (χ1) is 6.63. The second-order valence-electron chi connectivity index (χ2n) is 3.24. The van der Waals surface area contributed by atoms with Gasteiger partial charge in [-0.2, -0.15) is 0 Å². The zero-order valence-corrected chi connectivity index (χ0v) is 8.10. The molecule has 0 saturated carbocycles. The Labute approximate surface area is 83.0 Å². The van der Waals surface area contributed by atoms with Crippen LogP contribution in [0.5, 0.6) is 0 Å². The minimum atomic E-state index is -0.854. The predicted octanol–water partition coefficient (Wildman–Crippen LogP) is 1.76. The molecule has 0 aliphatic rings. The van der Waals surface area contributed by atoms with Crippen LogP contribution in [0.3, 0.4) is 0 Å². The van der Waals surface area contributed by atoms with E-state index >= 15 is 0 Å². The number of aliphatic hydroxyl groups is 1. The third kappa shape index (κ3) is 2.85. The highest BCUT2D eigenvalue weighted by molar-refractivity contribution is 5.70. The smallest absolute Gasteiger partial charge is 0.307 e. The summed E-state index contributed by atoms with van der Waals surface area (Å²) < 4.78 is 0. The molecule has 3 heteroatoms. The van der Waals surface area contributed by atoms with Crippen LogP contribution in [0, 0.1) is 0 Å². The Hall–Kier alpha value is -1.35. The van der Waals surface area contributed by atoms with Crippen molar-refractivity contribution in [3.05, 3.63) is 35.4 Å². The lowest BCUT2D eigenvalue weighted by Gasteiger charge is -2.08. The van der Waals surface area contributed by atoms with Crippen molar-refractivity contribution in [1.29, 1.82) is 0 Å². The van der Waals surface area contributed by atoms with Crippen molar-refractivity contribution in [3.63, 3.8) is 0 Å². The van der Waals surface area contributed by atoms with Crippen molar-refractivity contribution < 1.29 is 15.0 Å². The quantitative estimate of drug-likeness (QED) is 0.767. The van der Waals surface area contributed by atoms with Crippen LogP contribution < -0.4 is 0 Å². The van der Waals surface area contributed by atoms with Gasteiger partial charge in [0.1, 0.15) is 0 Å². The standard InChI is InChI=1S/C11H14O3/c1-2-10(12)9-5-3-4-8(6-9)7-11(13)14/h3-6,10,12H,2,7H2,1H3,(H,13,14). The number of carbonyl (C=O) groups is 1. The summed E-state index contributed by atoms with van der Waals surface area (Å²) in [6, 6.07) is 7.06. The number of carboxylic acid groups (broad SMARTS) is 1. The third-order valence-corrected chi connectivity index (χ3v) is 2.08. The number of carboxylic acids is 1. The Morgan fingerprint density at radius 1 is 1.50 bits per heavy atom. The molecule has 0 fully saturated rings. The molecular formula is C11H14O3. The van der Waals surface area contributed by atoms with E-state index in [4.69, 9.17) is 5.11 Å². The summed E-state index contributed by atoms with van der Waals surface area (Å²) >= 11 is 0. The molecule has 0 aromatic heterocycles. The van der Waals surface area contributed by atoms with E-state index in [-0.39, 0.29) is 6.42 Å². The van der Waals surface area contributed by atoms with Gasteiger partial charge in [-0.05, 0) is 17.5 Å². The molecule has 2 N–H and O–H groups in total. The predicted molar refractivity (Wildman–Crippen MR) is 53.0 cm³/mol. The van der Waals surface area contributed by atoms with E-state index in [1.54, 1.807) is 24.3 Å². The highest BCUT2D eigenvalue weighted by Crippen LogP contribution is 2.17. The Balaban J connectivity index is 2.83. The van der Waals surface area contributed by atoms with Crippen molar-refractivity contribution in [1.82, 2.24) is 0 Å². The average molecular weight is 194 g/mol. The molecule has 0 spiro atoms. The van der Waals surface area contributed by atoms with Crippen molar-refractivity contribution in [2.45, 2.75) is 25.9 Å². The van der Waals surface area contributed by atoms with Crippen molar-refractivity contribution in [2.75, 3.05) is 0 Å². The number of benzene rings is 1. The number of hydrogen-bond acceptors (Lipinski definition) is 2. The molecule has 14 heavy (non-hydrogen) atoms. The number of rotatable bonds is 4. The van der Waals surface area contributed by atoms with Crippen LogP contribution in [0.2, 0.25) is 0 Å². The van der Waals surface area contributed by atoms with E-state index in [0.717, 1.165) is 11.1 Å². The first-order valence-corrected chi connectivity index (χ1v) is 4.62. The van der Waals surface area contributed by atoms with Crippen molar-refractivity contribution in [3.8, 4) is 0 Å². The van der Waals surface area contributed by atoms with Gasteiger partial charge in [0, 0.05) is 0 Å². The topological polar surface area (TPSA) is 57.5 Å². The maximum Gasteiger partial charge on any atom is 0.307 e. The second kappa shape index (κ2) is 4.77. The van der Waals surface area contributed by atoms with Crippen molar-refractivity contribution >= 4 is 5.97 Å². The summed E-state index contributed by atoms with van der Waals surface area (Å²) in [5.74, 6) is -0.854. The fourth-order valence-corrected chi connectivity index (χ4v) is 1.32. The largest absolute Gasteiger partial charge is 0.481 e. The molecule has 1 unspecified atom stereocenters. The summed E-state index contributed by atoms with van der Waals surface area (Å²) in [4.78, 5) is 10.5. The maximum absolute atomic E-state index is 10.5. The lowest BCUT2D eigenvalue weighted by molar-refractivity contribution is -0.136. The van der Waals surface area contributed by atoms with Crippen LogP contribution in [0.25, 0.3) is 0 Å². The van der Waals surface area contributed by atoms with E-state index < -0.39 is 12.1 Å². The van der Waals surface area contributed by atoms with Crippen LogP contribution in [-0.2, 0) is 11.2 Å². The van der Waals surface area contributed by atoms with Crippen LogP contribution in [0.4, 0.5) is 0 Å². The van der Waals surface area contributed by atoms with Gasteiger partial charge in [-0.3, -0.25) is 4.79 Å². The molecule has 1 aromatic rings. The lowest BCUT2D eigenvalue weighted by Crippen LogP contribution is -2.02. The molecular weight excluding hydrogens is 180 g/mol. The minimum absolute atomic E-state index is 0.00424. The van der Waals surface area contributed by atoms with Gasteiger partial charge in [0.15, 0.2) is 0 Å². The van der Waals surface area contributed by atoms with E-state index in [0.29, 0.717) is 6.42 Å². The van der Waals surface area contributed by atoms with Crippen molar-refractivity contribution in [2.24, 2.45) is 0 Å². The first-order valence-electron chi connectivity index (χ1n) is 4.62. The second-order valence-corrected chi connectivity index (χ2v) is 3.24. The normalized spacial score (nSPS) is 12.4. The fraction of sp³-hybridized carbons (Fsp3) is 0.364. The molecule has 0 saturated heterocycles. The van der Waals surface area contributed by atoms with Crippen LogP contribution in [0.1, 0.15) is 30.6 Å². The highest BCUT2D eigenvalue weighted by Gasteiger charge is 2.06. The maximum atomic E-state index is 10.5. The summed E-state index contributed by atoms with van der Waals surface area (Å²) in [5.41, 5.74) is 1.51. The van der Waals surface area contributed by atoms with Gasteiger partial charge in [-0.15, -0.1) is 0 Å². The Morgan fingerprint density at radius 3 is 2.79 bits per heavy atom. The van der Waals surface area contributed by atoms with Gasteiger partial charge in [-0.1, -0.05) is 31.2 Å². The molecule has 0 aliphatic heterocycles. The third-order valence-electron chi connectivity index (χ3n) is 2.08. The molecule has 0 aliphatic carbocycles. The zero-order valence-electron chi connectivity index (χ0n) is 8.10. The molecule has 1 aromatic carbocycles. The lowest BCUT2D eigenvalue weighted by atomic mass is 10.0. The van der Waals surface area contributed by atoms with Gasteiger partial charge in [0.25, 0.3) is 0 Å². The van der Waals surface area contributed by atoms with Gasteiger partial charge >= 0.3 is 5.97 Å². The van der Waals surface area contributed by atoms with Crippen LogP contribution in [-0.4, -0.2) is 16.2 Å². The number of hydrogen-bond donors (Lipinski definition) is 2. The SMILES string of the molecule is CCC(O)c1cccc(CC(=O)O)c1. The number of aliphatic carboxylic acids is 1. The summed E-state index contributed by atoms with van der Waals surface area (Å²) in [5, 5.41) is 18.1. The molecule has 76 valence electrons. The van der Waals surface area contributed by atoms with Crippen LogP contribution >= 0.6 is 0 Å². The fourth-order valence-electron chi connectivity index (χ4n) is 1.32. The Kier molecular flexibility index (Phi) is 3.65. The molecule has 0 heterocycles. The van der Waals surface area contributed by atoms with Gasteiger partial charge in [-0.25, -0.2) is 0 Å². The molecule has 1 atom stereocenters. The van der Waals surface area contributed by atoms with E-state index in [1.165, 1.54) is 0 Å². The van der Waals surface area contributed by atoms with Gasteiger partial charge in [0.05, 0.1) is 12.5 Å². The Morgan fingerprint density at radius 2 is 2.21 bits per heavy atom. The summed E-state index contributed by atoms with van der Waals surface area (Å²) in [6.07, 6.45) is 0.143. The summed E-state index contributed by atoms with van der Waals surface area (Å²) in [7, 11) is 0. The van der Waals surface area contributed by atoms with E-state index in [1.807, 2.05) is 6.92 Å². The molecule has 0 amide bonds. The van der Waals surface area contributed by atoms with E-state index in [2.05, 4.69) is 0 Å². The van der Waals surface area contributed by atoms with Crippen LogP contribution in [0.15, 0.2) is 24.3 Å². The Bertz CT molecular complexity index is 320. The minimum Gasteiger partial charge on any atom is -0.481 e. The highest BCUT2D eigenvalue weighted by atomic mass is 16.4. The molecule has 3 nitrogen and oxygen atoms in total. The zero-order chi connectivity index (χ0) is 10.6. The first kappa shape index (κ1) is 10.7.